The van der Waals surface area contributed by atoms with Gasteiger partial charge in [-0.3, -0.25) is 4.79 Å². The second kappa shape index (κ2) is 7.79. The van der Waals surface area contributed by atoms with Crippen LogP contribution in [-0.2, 0) is 0 Å². The Balaban J connectivity index is 2.49. The Bertz CT molecular complexity index is 462. The van der Waals surface area contributed by atoms with Crippen LogP contribution in [0.1, 0.15) is 30.6 Å². The van der Waals surface area contributed by atoms with Crippen molar-refractivity contribution in [2.24, 2.45) is 0 Å². The molecule has 0 aromatic heterocycles. The van der Waals surface area contributed by atoms with Gasteiger partial charge in [0.1, 0.15) is 11.6 Å². The number of carbonyl (C=O) groups is 1. The minimum Gasteiger partial charge on any atom is -0.396 e. The van der Waals surface area contributed by atoms with Gasteiger partial charge < -0.3 is 16.0 Å². The van der Waals surface area contributed by atoms with Crippen molar-refractivity contribution in [2.45, 2.75) is 20.3 Å². The highest BCUT2D eigenvalue weighted by atomic mass is 19.1. The molecule has 112 valence electrons. The number of nitrogens with zero attached hydrogens (tertiary/aromatic N) is 1. The van der Waals surface area contributed by atoms with Crippen molar-refractivity contribution in [1.29, 1.82) is 0 Å². The molecule has 3 N–H and O–H groups in total. The molecule has 1 aromatic carbocycles. The first-order chi connectivity index (χ1) is 9.49. The van der Waals surface area contributed by atoms with Crippen molar-refractivity contribution < 1.29 is 13.6 Å². The molecule has 4 nitrogen and oxygen atoms in total. The van der Waals surface area contributed by atoms with E-state index < -0.39 is 17.5 Å². The van der Waals surface area contributed by atoms with Crippen LogP contribution in [0, 0.1) is 11.6 Å². The van der Waals surface area contributed by atoms with Crippen molar-refractivity contribution in [3.8, 4) is 0 Å². The fourth-order valence-electron chi connectivity index (χ4n) is 1.88. The number of nitrogen functional groups attached to an aromatic ring is 1. The van der Waals surface area contributed by atoms with Crippen LogP contribution in [-0.4, -0.2) is 37.0 Å². The number of carbonyl (C=O) groups excluding carboxylic acids is 1. The van der Waals surface area contributed by atoms with Gasteiger partial charge in [-0.2, -0.15) is 0 Å². The summed E-state index contributed by atoms with van der Waals surface area (Å²) >= 11 is 0. The van der Waals surface area contributed by atoms with Gasteiger partial charge in [0, 0.05) is 12.6 Å². The van der Waals surface area contributed by atoms with E-state index in [1.807, 2.05) is 0 Å². The Morgan fingerprint density at radius 2 is 1.90 bits per heavy atom. The minimum atomic E-state index is -0.905. The lowest BCUT2D eigenvalue weighted by Gasteiger charge is -2.17. The topological polar surface area (TPSA) is 58.4 Å². The van der Waals surface area contributed by atoms with E-state index in [0.29, 0.717) is 12.6 Å². The van der Waals surface area contributed by atoms with Crippen molar-refractivity contribution in [3.05, 3.63) is 29.3 Å². The Morgan fingerprint density at radius 1 is 1.25 bits per heavy atom. The number of halogens is 2. The van der Waals surface area contributed by atoms with Crippen LogP contribution in [0.5, 0.6) is 0 Å². The number of rotatable bonds is 7. The first-order valence-corrected chi connectivity index (χ1v) is 6.74. The molecule has 0 aliphatic heterocycles. The fraction of sp³-hybridized carbons (Fsp3) is 0.500. The van der Waals surface area contributed by atoms with Crippen LogP contribution in [0.15, 0.2) is 12.1 Å². The maximum atomic E-state index is 13.5. The Morgan fingerprint density at radius 3 is 2.50 bits per heavy atom. The van der Waals surface area contributed by atoms with Gasteiger partial charge in [-0.1, -0.05) is 13.8 Å². The lowest BCUT2D eigenvalue weighted by Crippen LogP contribution is -2.30. The summed E-state index contributed by atoms with van der Waals surface area (Å²) in [6.45, 7) is 7.34. The largest absolute Gasteiger partial charge is 0.396 e. The molecule has 6 heteroatoms. The highest BCUT2D eigenvalue weighted by Gasteiger charge is 2.14. The predicted octanol–water partition coefficient (Wildman–Crippen LogP) is 2.01. The summed E-state index contributed by atoms with van der Waals surface area (Å²) in [7, 11) is 0. The van der Waals surface area contributed by atoms with Crippen LogP contribution in [0.3, 0.4) is 0 Å². The molecule has 0 aliphatic carbocycles. The highest BCUT2D eigenvalue weighted by Crippen LogP contribution is 2.16. The van der Waals surface area contributed by atoms with Crippen molar-refractivity contribution in [1.82, 2.24) is 10.2 Å². The summed E-state index contributed by atoms with van der Waals surface area (Å²) in [6, 6.07) is 1.64. The average Bonchev–Trinajstić information content (AvgIpc) is 2.42. The monoisotopic (exact) mass is 285 g/mol. The first kappa shape index (κ1) is 16.4. The van der Waals surface area contributed by atoms with E-state index in [4.69, 9.17) is 5.73 Å². The quantitative estimate of drug-likeness (QED) is 0.595. The molecule has 1 rings (SSSR count). The number of anilines is 1. The molecule has 0 unspecified atom stereocenters. The molecule has 0 saturated heterocycles. The zero-order chi connectivity index (χ0) is 15.1. The minimum absolute atomic E-state index is 0.230. The number of amides is 1. The third-order valence-corrected chi connectivity index (χ3v) is 3.16. The highest BCUT2D eigenvalue weighted by molar-refractivity contribution is 5.95. The lowest BCUT2D eigenvalue weighted by atomic mass is 10.1. The van der Waals surface area contributed by atoms with Crippen LogP contribution < -0.4 is 11.1 Å². The van der Waals surface area contributed by atoms with Crippen LogP contribution in [0.2, 0.25) is 0 Å². The maximum absolute atomic E-state index is 13.5. The molecular weight excluding hydrogens is 264 g/mol. The molecule has 1 aromatic rings. The molecule has 0 saturated carbocycles. The molecule has 0 aliphatic rings. The maximum Gasteiger partial charge on any atom is 0.254 e. The van der Waals surface area contributed by atoms with Crippen molar-refractivity contribution in [2.75, 3.05) is 31.9 Å². The van der Waals surface area contributed by atoms with E-state index in [9.17, 15) is 13.6 Å². The van der Waals surface area contributed by atoms with Gasteiger partial charge in [-0.25, -0.2) is 8.78 Å². The SMILES string of the molecule is CCN(CC)CCCNC(=O)c1cc(N)c(F)cc1F. The Labute approximate surface area is 117 Å². The molecule has 0 bridgehead atoms. The number of nitrogens with one attached hydrogen (secondary N) is 1. The van der Waals surface area contributed by atoms with E-state index in [0.717, 1.165) is 32.1 Å². The van der Waals surface area contributed by atoms with E-state index in [2.05, 4.69) is 24.1 Å². The second-order valence-corrected chi connectivity index (χ2v) is 4.49. The van der Waals surface area contributed by atoms with Crippen LogP contribution in [0.25, 0.3) is 0 Å². The molecule has 0 fully saturated rings. The van der Waals surface area contributed by atoms with E-state index in [1.54, 1.807) is 0 Å². The third kappa shape index (κ3) is 4.45. The summed E-state index contributed by atoms with van der Waals surface area (Å²) in [4.78, 5) is 14.0. The smallest absolute Gasteiger partial charge is 0.254 e. The van der Waals surface area contributed by atoms with Gasteiger partial charge in [0.05, 0.1) is 11.3 Å². The van der Waals surface area contributed by atoms with Gasteiger partial charge in [0.2, 0.25) is 0 Å². The number of nitrogens with two attached hydrogens (primary N) is 1. The summed E-state index contributed by atoms with van der Waals surface area (Å²) in [5.41, 5.74) is 4.86. The Hall–Kier alpha value is -1.69. The number of benzene rings is 1. The normalized spacial score (nSPS) is 10.8. The average molecular weight is 285 g/mol. The molecular formula is C14H21F2N3O. The van der Waals surface area contributed by atoms with E-state index in [1.165, 1.54) is 0 Å². The fourth-order valence-corrected chi connectivity index (χ4v) is 1.88. The molecule has 0 spiro atoms. The summed E-state index contributed by atoms with van der Waals surface area (Å²) in [5, 5.41) is 2.61. The van der Waals surface area contributed by atoms with Gasteiger partial charge >= 0.3 is 0 Å². The van der Waals surface area contributed by atoms with Gasteiger partial charge in [0.15, 0.2) is 0 Å². The predicted molar refractivity (Wildman–Crippen MR) is 75.5 cm³/mol. The van der Waals surface area contributed by atoms with Crippen molar-refractivity contribution >= 4 is 11.6 Å². The van der Waals surface area contributed by atoms with Crippen LogP contribution in [0.4, 0.5) is 14.5 Å². The zero-order valence-electron chi connectivity index (χ0n) is 11.9. The van der Waals surface area contributed by atoms with E-state index in [-0.39, 0.29) is 11.3 Å². The second-order valence-electron chi connectivity index (χ2n) is 4.49. The lowest BCUT2D eigenvalue weighted by molar-refractivity contribution is 0.0948. The molecule has 1 amide bonds. The van der Waals surface area contributed by atoms with Gasteiger partial charge in [-0.05, 0) is 32.1 Å². The summed E-state index contributed by atoms with van der Waals surface area (Å²) < 4.78 is 26.5. The van der Waals surface area contributed by atoms with Gasteiger partial charge in [-0.15, -0.1) is 0 Å². The zero-order valence-corrected chi connectivity index (χ0v) is 11.9. The summed E-state index contributed by atoms with van der Waals surface area (Å²) in [6.07, 6.45) is 0.770. The summed E-state index contributed by atoms with van der Waals surface area (Å²) in [5.74, 6) is -2.34. The molecule has 20 heavy (non-hydrogen) atoms. The van der Waals surface area contributed by atoms with Crippen LogP contribution >= 0.6 is 0 Å². The standard InChI is InChI=1S/C14H21F2N3O/c1-3-19(4-2)7-5-6-18-14(20)10-8-13(17)12(16)9-11(10)15/h8-9H,3-7,17H2,1-2H3,(H,18,20). The first-order valence-electron chi connectivity index (χ1n) is 6.74. The molecule has 0 atom stereocenters. The number of hydrogen-bond acceptors (Lipinski definition) is 3. The molecule has 0 heterocycles. The Kier molecular flexibility index (Phi) is 6.38. The van der Waals surface area contributed by atoms with Gasteiger partial charge in [0.25, 0.3) is 5.91 Å². The third-order valence-electron chi connectivity index (χ3n) is 3.16. The van der Waals surface area contributed by atoms with Crippen molar-refractivity contribution in [3.63, 3.8) is 0 Å². The molecule has 0 radical (unpaired) electrons. The number of hydrogen-bond donors (Lipinski definition) is 2. The van der Waals surface area contributed by atoms with E-state index >= 15 is 0 Å².